The van der Waals surface area contributed by atoms with Gasteiger partial charge in [-0.2, -0.15) is 0 Å². The third-order valence-corrected chi connectivity index (χ3v) is 3.50. The number of carbonyl (C=O) groups excluding carboxylic acids is 1. The summed E-state index contributed by atoms with van der Waals surface area (Å²) >= 11 is 0. The van der Waals surface area contributed by atoms with Crippen LogP contribution in [-0.4, -0.2) is 26.7 Å². The molecule has 24 heavy (non-hydrogen) atoms. The topological polar surface area (TPSA) is 59.6 Å². The second-order valence-electron chi connectivity index (χ2n) is 5.11. The van der Waals surface area contributed by atoms with Crippen molar-refractivity contribution >= 4 is 11.6 Å². The van der Waals surface area contributed by atoms with Crippen molar-refractivity contribution in [3.63, 3.8) is 0 Å². The van der Waals surface area contributed by atoms with Gasteiger partial charge in [-0.15, -0.1) is 0 Å². The Morgan fingerprint density at radius 1 is 1.08 bits per heavy atom. The maximum absolute atomic E-state index is 13.5. The Morgan fingerprint density at radius 2 is 1.83 bits per heavy atom. The third-order valence-electron chi connectivity index (χ3n) is 3.50. The van der Waals surface area contributed by atoms with E-state index >= 15 is 0 Å². The monoisotopic (exact) mass is 332 g/mol. The summed E-state index contributed by atoms with van der Waals surface area (Å²) in [6, 6.07) is 11.8. The number of ether oxygens (including phenoxy) is 2. The van der Waals surface area contributed by atoms with Crippen molar-refractivity contribution in [2.24, 2.45) is 0 Å². The molecule has 6 heteroatoms. The Hall–Kier alpha value is -2.76. The quantitative estimate of drug-likeness (QED) is 0.780. The normalized spacial score (nSPS) is 10.1. The molecule has 0 atom stereocenters. The first-order valence-electron chi connectivity index (χ1n) is 7.60. The van der Waals surface area contributed by atoms with E-state index in [1.165, 1.54) is 6.07 Å². The number of halogens is 1. The largest absolute Gasteiger partial charge is 0.493 e. The van der Waals surface area contributed by atoms with Crippen LogP contribution in [0.25, 0.3) is 0 Å². The molecular formula is C18H21FN2O3. The van der Waals surface area contributed by atoms with E-state index in [4.69, 9.17) is 9.47 Å². The van der Waals surface area contributed by atoms with Gasteiger partial charge in [0, 0.05) is 36.8 Å². The number of methoxy groups -OCH3 is 2. The maximum atomic E-state index is 13.5. The first kappa shape index (κ1) is 17.6. The summed E-state index contributed by atoms with van der Waals surface area (Å²) in [5.74, 6) is 0.796. The van der Waals surface area contributed by atoms with Crippen LogP contribution in [0, 0.1) is 5.82 Å². The number of benzene rings is 2. The summed E-state index contributed by atoms with van der Waals surface area (Å²) in [5.41, 5.74) is 1.30. The van der Waals surface area contributed by atoms with Crippen molar-refractivity contribution in [3.8, 4) is 11.5 Å². The number of nitrogens with one attached hydrogen (secondary N) is 2. The van der Waals surface area contributed by atoms with E-state index in [0.29, 0.717) is 23.6 Å². The summed E-state index contributed by atoms with van der Waals surface area (Å²) in [6.45, 7) is 0.639. The molecule has 0 spiro atoms. The Bertz CT molecular complexity index is 692. The zero-order valence-corrected chi connectivity index (χ0v) is 13.8. The molecule has 0 saturated heterocycles. The lowest BCUT2D eigenvalue weighted by molar-refractivity contribution is -0.121. The molecule has 5 nitrogen and oxygen atoms in total. The molecule has 0 aliphatic carbocycles. The molecule has 2 aromatic carbocycles. The summed E-state index contributed by atoms with van der Waals surface area (Å²) in [5, 5.41) is 5.84. The van der Waals surface area contributed by atoms with E-state index in [0.717, 1.165) is 5.69 Å². The number of hydrogen-bond donors (Lipinski definition) is 2. The fourth-order valence-electron chi connectivity index (χ4n) is 2.19. The first-order chi connectivity index (χ1) is 11.6. The third kappa shape index (κ3) is 4.87. The molecule has 0 aromatic heterocycles. The fraction of sp³-hybridized carbons (Fsp3) is 0.278. The van der Waals surface area contributed by atoms with Crippen molar-refractivity contribution in [1.82, 2.24) is 5.32 Å². The van der Waals surface area contributed by atoms with Crippen LogP contribution in [0.15, 0.2) is 42.5 Å². The molecule has 0 radical (unpaired) electrons. The van der Waals surface area contributed by atoms with Gasteiger partial charge in [-0.25, -0.2) is 4.39 Å². The Balaban J connectivity index is 1.77. The van der Waals surface area contributed by atoms with Gasteiger partial charge in [-0.3, -0.25) is 4.79 Å². The van der Waals surface area contributed by atoms with Gasteiger partial charge in [-0.05, 0) is 18.2 Å². The average Bonchev–Trinajstić information content (AvgIpc) is 2.61. The standard InChI is InChI=1S/C18H21FN2O3/c1-23-16-8-7-14(11-17(16)24-2)20-10-9-18(22)21-12-13-5-3-4-6-15(13)19/h3-8,11,20H,9-10,12H2,1-2H3,(H,21,22). The van der Waals surface area contributed by atoms with Crippen molar-refractivity contribution in [1.29, 1.82) is 0 Å². The number of hydrogen-bond acceptors (Lipinski definition) is 4. The van der Waals surface area contributed by atoms with Crippen LogP contribution in [0.3, 0.4) is 0 Å². The second-order valence-corrected chi connectivity index (χ2v) is 5.11. The molecule has 2 N–H and O–H groups in total. The lowest BCUT2D eigenvalue weighted by atomic mass is 10.2. The van der Waals surface area contributed by atoms with Crippen LogP contribution in [0.2, 0.25) is 0 Å². The van der Waals surface area contributed by atoms with Crippen LogP contribution in [0.5, 0.6) is 11.5 Å². The molecule has 0 heterocycles. The van der Waals surface area contributed by atoms with Gasteiger partial charge in [0.15, 0.2) is 11.5 Å². The van der Waals surface area contributed by atoms with Crippen molar-refractivity contribution < 1.29 is 18.7 Å². The van der Waals surface area contributed by atoms with Crippen molar-refractivity contribution in [2.75, 3.05) is 26.1 Å². The smallest absolute Gasteiger partial charge is 0.222 e. The maximum Gasteiger partial charge on any atom is 0.222 e. The highest BCUT2D eigenvalue weighted by atomic mass is 19.1. The van der Waals surface area contributed by atoms with Gasteiger partial charge < -0.3 is 20.1 Å². The van der Waals surface area contributed by atoms with Gasteiger partial charge in [-0.1, -0.05) is 18.2 Å². The van der Waals surface area contributed by atoms with Crippen molar-refractivity contribution in [3.05, 3.63) is 53.8 Å². The van der Waals surface area contributed by atoms with Gasteiger partial charge in [0.05, 0.1) is 14.2 Å². The molecular weight excluding hydrogens is 311 g/mol. The molecule has 128 valence electrons. The first-order valence-corrected chi connectivity index (χ1v) is 7.60. The molecule has 1 amide bonds. The minimum absolute atomic E-state index is 0.147. The number of anilines is 1. The van der Waals surface area contributed by atoms with Crippen LogP contribution >= 0.6 is 0 Å². The molecule has 0 saturated carbocycles. The van der Waals surface area contributed by atoms with E-state index < -0.39 is 0 Å². The molecule has 0 aliphatic heterocycles. The lowest BCUT2D eigenvalue weighted by Gasteiger charge is -2.11. The van der Waals surface area contributed by atoms with Gasteiger partial charge >= 0.3 is 0 Å². The van der Waals surface area contributed by atoms with Crippen LogP contribution in [0.1, 0.15) is 12.0 Å². The van der Waals surface area contributed by atoms with Crippen molar-refractivity contribution in [2.45, 2.75) is 13.0 Å². The predicted molar refractivity (Wildman–Crippen MR) is 90.9 cm³/mol. The number of carbonyl (C=O) groups is 1. The van der Waals surface area contributed by atoms with E-state index in [1.807, 2.05) is 6.07 Å². The Labute approximate surface area is 140 Å². The lowest BCUT2D eigenvalue weighted by Crippen LogP contribution is -2.25. The van der Waals surface area contributed by atoms with E-state index in [9.17, 15) is 9.18 Å². The highest BCUT2D eigenvalue weighted by Crippen LogP contribution is 2.29. The summed E-state index contributed by atoms with van der Waals surface area (Å²) in [7, 11) is 3.14. The predicted octanol–water partition coefficient (Wildman–Crippen LogP) is 2.96. The van der Waals surface area contributed by atoms with E-state index in [-0.39, 0.29) is 24.7 Å². The zero-order valence-electron chi connectivity index (χ0n) is 13.8. The van der Waals surface area contributed by atoms with Gasteiger partial charge in [0.2, 0.25) is 5.91 Å². The van der Waals surface area contributed by atoms with Crippen LogP contribution in [0.4, 0.5) is 10.1 Å². The second kappa shape index (κ2) is 8.76. The van der Waals surface area contributed by atoms with E-state index in [2.05, 4.69) is 10.6 Å². The zero-order chi connectivity index (χ0) is 17.4. The van der Waals surface area contributed by atoms with Gasteiger partial charge in [0.25, 0.3) is 0 Å². The summed E-state index contributed by atoms with van der Waals surface area (Å²) < 4.78 is 23.9. The molecule has 0 fully saturated rings. The average molecular weight is 332 g/mol. The van der Waals surface area contributed by atoms with Gasteiger partial charge in [0.1, 0.15) is 5.82 Å². The van der Waals surface area contributed by atoms with Crippen LogP contribution in [-0.2, 0) is 11.3 Å². The highest BCUT2D eigenvalue weighted by molar-refractivity contribution is 5.76. The highest BCUT2D eigenvalue weighted by Gasteiger charge is 2.06. The molecule has 2 rings (SSSR count). The van der Waals surface area contributed by atoms with E-state index in [1.54, 1.807) is 44.6 Å². The molecule has 0 unspecified atom stereocenters. The van der Waals surface area contributed by atoms with Crippen LogP contribution < -0.4 is 20.1 Å². The Kier molecular flexibility index (Phi) is 6.42. The summed E-state index contributed by atoms with van der Waals surface area (Å²) in [6.07, 6.45) is 0.281. The summed E-state index contributed by atoms with van der Waals surface area (Å²) in [4.78, 5) is 11.8. The molecule has 0 bridgehead atoms. The minimum atomic E-state index is -0.318. The number of rotatable bonds is 8. The molecule has 0 aliphatic rings. The fourth-order valence-corrected chi connectivity index (χ4v) is 2.19. The SMILES string of the molecule is COc1ccc(NCCC(=O)NCc2ccccc2F)cc1OC. The number of amides is 1. The molecule has 2 aromatic rings. The Morgan fingerprint density at radius 3 is 2.54 bits per heavy atom. The minimum Gasteiger partial charge on any atom is -0.493 e.